The van der Waals surface area contributed by atoms with Crippen LogP contribution in [0, 0.1) is 6.92 Å². The quantitative estimate of drug-likeness (QED) is 0.591. The van der Waals surface area contributed by atoms with Gasteiger partial charge in [0.2, 0.25) is 0 Å². The van der Waals surface area contributed by atoms with Gasteiger partial charge < -0.3 is 10.1 Å². The second-order valence-corrected chi connectivity index (χ2v) is 8.02. The number of H-pyrrole nitrogens is 1. The van der Waals surface area contributed by atoms with Crippen molar-refractivity contribution < 1.29 is 18.3 Å². The van der Waals surface area contributed by atoms with Crippen LogP contribution < -0.4 is 0 Å². The third kappa shape index (κ3) is 4.03. The molecule has 3 aromatic rings. The monoisotopic (exact) mass is 375 g/mol. The van der Waals surface area contributed by atoms with E-state index >= 15 is 0 Å². The molecule has 27 heavy (non-hydrogen) atoms. The number of aromatic amines is 1. The van der Waals surface area contributed by atoms with Gasteiger partial charge in [-0.15, -0.1) is 0 Å². The number of aryl methyl sites for hydroxylation is 1. The van der Waals surface area contributed by atoms with Crippen LogP contribution in [0.5, 0.6) is 0 Å². The number of para-hydroxylation sites is 1. The largest absolute Gasteiger partial charge is 0.417 e. The third-order valence-electron chi connectivity index (χ3n) is 5.13. The fraction of sp³-hybridized carbons (Fsp3) is 0.364. The minimum atomic E-state index is -4.74. The summed E-state index contributed by atoms with van der Waals surface area (Å²) in [5.74, 6) is 0. The molecule has 0 aliphatic heterocycles. The number of alkyl halides is 3. The Bertz CT molecular complexity index is 909. The second-order valence-electron chi connectivity index (χ2n) is 8.02. The van der Waals surface area contributed by atoms with Crippen molar-refractivity contribution in [3.05, 3.63) is 71.4 Å². The van der Waals surface area contributed by atoms with Crippen molar-refractivity contribution in [1.82, 2.24) is 4.98 Å². The van der Waals surface area contributed by atoms with E-state index in [-0.39, 0.29) is 0 Å². The Kier molecular flexibility index (Phi) is 4.85. The maximum Gasteiger partial charge on any atom is 0.417 e. The van der Waals surface area contributed by atoms with Crippen LogP contribution in [0.15, 0.2) is 54.6 Å². The summed E-state index contributed by atoms with van der Waals surface area (Å²) in [7, 11) is 0. The Morgan fingerprint density at radius 2 is 1.67 bits per heavy atom. The molecule has 0 saturated heterocycles. The van der Waals surface area contributed by atoms with E-state index in [1.807, 2.05) is 55.5 Å². The molecule has 1 aromatic heterocycles. The molecule has 0 spiro atoms. The summed E-state index contributed by atoms with van der Waals surface area (Å²) < 4.78 is 41.7. The van der Waals surface area contributed by atoms with Crippen molar-refractivity contribution in [2.45, 2.75) is 50.8 Å². The topological polar surface area (TPSA) is 36.0 Å². The normalized spacial score (nSPS) is 15.1. The highest BCUT2D eigenvalue weighted by atomic mass is 19.4. The minimum Gasteiger partial charge on any atom is -0.380 e. The number of aliphatic hydroxyl groups is 1. The number of hydrogen-bond acceptors (Lipinski definition) is 1. The minimum absolute atomic E-state index is 0.371. The molecule has 3 rings (SSSR count). The van der Waals surface area contributed by atoms with Crippen LogP contribution >= 0.6 is 0 Å². The second kappa shape index (κ2) is 6.71. The van der Waals surface area contributed by atoms with Crippen LogP contribution in [0.1, 0.15) is 37.1 Å². The molecule has 144 valence electrons. The maximum atomic E-state index is 13.9. The van der Waals surface area contributed by atoms with Crippen molar-refractivity contribution in [2.75, 3.05) is 0 Å². The maximum absolute atomic E-state index is 13.9. The van der Waals surface area contributed by atoms with Gasteiger partial charge in [-0.05, 0) is 41.8 Å². The first-order chi connectivity index (χ1) is 12.5. The van der Waals surface area contributed by atoms with Crippen LogP contribution in [0.3, 0.4) is 0 Å². The van der Waals surface area contributed by atoms with Gasteiger partial charge in [0, 0.05) is 17.6 Å². The Labute approximate surface area is 157 Å². The van der Waals surface area contributed by atoms with Gasteiger partial charge >= 0.3 is 6.18 Å². The van der Waals surface area contributed by atoms with E-state index in [4.69, 9.17) is 0 Å². The molecule has 0 aliphatic carbocycles. The lowest BCUT2D eigenvalue weighted by atomic mass is 9.73. The van der Waals surface area contributed by atoms with Gasteiger partial charge in [0.05, 0.1) is 0 Å². The highest BCUT2D eigenvalue weighted by Crippen LogP contribution is 2.43. The van der Waals surface area contributed by atoms with E-state index in [0.29, 0.717) is 5.69 Å². The summed E-state index contributed by atoms with van der Waals surface area (Å²) in [5, 5.41) is 11.6. The Balaban J connectivity index is 1.94. The number of aromatic nitrogens is 1. The van der Waals surface area contributed by atoms with Crippen molar-refractivity contribution in [3.8, 4) is 0 Å². The molecule has 0 amide bonds. The molecule has 1 heterocycles. The molecular formula is C22H24F3NO. The number of hydrogen-bond donors (Lipinski definition) is 2. The fourth-order valence-corrected chi connectivity index (χ4v) is 3.71. The van der Waals surface area contributed by atoms with Crippen LogP contribution in [0.2, 0.25) is 0 Å². The molecular weight excluding hydrogens is 351 g/mol. The third-order valence-corrected chi connectivity index (χ3v) is 5.13. The molecule has 0 aliphatic rings. The van der Waals surface area contributed by atoms with Gasteiger partial charge in [0.1, 0.15) is 0 Å². The summed E-state index contributed by atoms with van der Waals surface area (Å²) in [6, 6.07) is 16.4. The zero-order valence-electron chi connectivity index (χ0n) is 15.7. The molecule has 1 atom stereocenters. The Morgan fingerprint density at radius 1 is 0.963 bits per heavy atom. The van der Waals surface area contributed by atoms with Crippen molar-refractivity contribution in [3.63, 3.8) is 0 Å². The van der Waals surface area contributed by atoms with Gasteiger partial charge in [-0.25, -0.2) is 0 Å². The summed E-state index contributed by atoms with van der Waals surface area (Å²) in [4.78, 5) is 3.00. The standard InChI is InChI=1S/C22H24F3NO/c1-15-7-6-9-17(11-15)20(2,3)14-21(27,22(23,24)25)13-18-12-16-8-4-5-10-19(16)26-18/h4-12,26-27H,13-14H2,1-3H3. The number of benzene rings is 2. The molecule has 2 nitrogen and oxygen atoms in total. The number of nitrogens with one attached hydrogen (secondary N) is 1. The molecule has 0 bridgehead atoms. The first-order valence-electron chi connectivity index (χ1n) is 8.93. The first kappa shape index (κ1) is 19.5. The van der Waals surface area contributed by atoms with Crippen LogP contribution in [-0.4, -0.2) is 21.9 Å². The van der Waals surface area contributed by atoms with Gasteiger partial charge in [-0.2, -0.15) is 13.2 Å². The predicted molar refractivity (Wildman–Crippen MR) is 102 cm³/mol. The van der Waals surface area contributed by atoms with E-state index in [1.165, 1.54) is 0 Å². The molecule has 0 fully saturated rings. The zero-order valence-corrected chi connectivity index (χ0v) is 15.7. The molecule has 0 radical (unpaired) electrons. The lowest BCUT2D eigenvalue weighted by molar-refractivity contribution is -0.266. The zero-order chi connectivity index (χ0) is 19.9. The van der Waals surface area contributed by atoms with Crippen LogP contribution in [-0.2, 0) is 11.8 Å². The average molecular weight is 375 g/mol. The van der Waals surface area contributed by atoms with Crippen molar-refractivity contribution in [1.29, 1.82) is 0 Å². The number of halogens is 3. The lowest BCUT2D eigenvalue weighted by Gasteiger charge is -2.38. The molecule has 2 N–H and O–H groups in total. The first-order valence-corrected chi connectivity index (χ1v) is 8.93. The van der Waals surface area contributed by atoms with E-state index in [1.54, 1.807) is 19.9 Å². The van der Waals surface area contributed by atoms with Crippen molar-refractivity contribution in [2.24, 2.45) is 0 Å². The van der Waals surface area contributed by atoms with E-state index in [0.717, 1.165) is 22.0 Å². The number of rotatable bonds is 5. The molecule has 5 heteroatoms. The van der Waals surface area contributed by atoms with Crippen LogP contribution in [0.25, 0.3) is 10.9 Å². The molecule has 0 saturated carbocycles. The smallest absolute Gasteiger partial charge is 0.380 e. The van der Waals surface area contributed by atoms with Crippen molar-refractivity contribution >= 4 is 10.9 Å². The van der Waals surface area contributed by atoms with E-state index < -0.39 is 30.0 Å². The summed E-state index contributed by atoms with van der Waals surface area (Å²) in [6.07, 6.45) is -5.69. The van der Waals surface area contributed by atoms with Gasteiger partial charge in [-0.1, -0.05) is 61.9 Å². The lowest BCUT2D eigenvalue weighted by Crippen LogP contribution is -2.50. The van der Waals surface area contributed by atoms with Crippen LogP contribution in [0.4, 0.5) is 13.2 Å². The molecule has 1 unspecified atom stereocenters. The number of fused-ring (bicyclic) bond motifs is 1. The van der Waals surface area contributed by atoms with Gasteiger partial charge in [0.15, 0.2) is 5.60 Å². The van der Waals surface area contributed by atoms with Gasteiger partial charge in [0.25, 0.3) is 0 Å². The van der Waals surface area contributed by atoms with E-state index in [2.05, 4.69) is 4.98 Å². The Hall–Kier alpha value is -2.27. The fourth-order valence-electron chi connectivity index (χ4n) is 3.71. The van der Waals surface area contributed by atoms with Gasteiger partial charge in [-0.3, -0.25) is 0 Å². The molecule has 2 aromatic carbocycles. The highest BCUT2D eigenvalue weighted by molar-refractivity contribution is 5.80. The average Bonchev–Trinajstić information content (AvgIpc) is 2.95. The SMILES string of the molecule is Cc1cccc(C(C)(C)CC(O)(Cc2cc3ccccc3[nH]2)C(F)(F)F)c1. The van der Waals surface area contributed by atoms with E-state index in [9.17, 15) is 18.3 Å². The summed E-state index contributed by atoms with van der Waals surface area (Å²) in [6.45, 7) is 5.38. The Morgan fingerprint density at radius 3 is 2.30 bits per heavy atom. The highest BCUT2D eigenvalue weighted by Gasteiger charge is 2.56. The summed E-state index contributed by atoms with van der Waals surface area (Å²) >= 11 is 0. The predicted octanol–water partition coefficient (Wildman–Crippen LogP) is 5.68. The summed E-state index contributed by atoms with van der Waals surface area (Å²) in [5.41, 5.74) is -0.789.